The van der Waals surface area contributed by atoms with Gasteiger partial charge in [0.15, 0.2) is 6.10 Å². The molecule has 1 fully saturated rings. The molecule has 1 aliphatic rings. The molecule has 0 radical (unpaired) electrons. The van der Waals surface area contributed by atoms with E-state index in [2.05, 4.69) is 5.32 Å². The number of hydrogen-bond acceptors (Lipinski definition) is 3. The van der Waals surface area contributed by atoms with Gasteiger partial charge in [-0.05, 0) is 24.5 Å². The van der Waals surface area contributed by atoms with Gasteiger partial charge in [0.25, 0.3) is 5.91 Å². The second kappa shape index (κ2) is 8.15. The first kappa shape index (κ1) is 18.1. The van der Waals surface area contributed by atoms with Crippen molar-refractivity contribution in [2.75, 3.05) is 20.2 Å². The largest absolute Gasteiger partial charge is 0.356 e. The Hall–Kier alpha value is -2.66. The van der Waals surface area contributed by atoms with Gasteiger partial charge in [0, 0.05) is 13.6 Å². The predicted octanol–water partition coefficient (Wildman–Crippen LogP) is 2.25. The first-order valence-corrected chi connectivity index (χ1v) is 8.82. The number of benzene rings is 2. The number of carbonyl (C=O) groups is 2. The van der Waals surface area contributed by atoms with E-state index in [0.29, 0.717) is 6.54 Å². The Kier molecular flexibility index (Phi) is 5.68. The van der Waals surface area contributed by atoms with Crippen molar-refractivity contribution < 1.29 is 14.3 Å². The summed E-state index contributed by atoms with van der Waals surface area (Å²) in [7, 11) is 1.72. The summed E-state index contributed by atoms with van der Waals surface area (Å²) in [5.74, 6) is -0.310. The van der Waals surface area contributed by atoms with Crippen molar-refractivity contribution in [3.8, 4) is 0 Å². The molecule has 136 valence electrons. The lowest BCUT2D eigenvalue weighted by molar-refractivity contribution is -0.162. The molecule has 5 nitrogen and oxygen atoms in total. The van der Waals surface area contributed by atoms with E-state index in [-0.39, 0.29) is 18.4 Å². The normalized spacial score (nSPS) is 20.1. The third-order valence-corrected chi connectivity index (χ3v) is 4.72. The average molecular weight is 352 g/mol. The van der Waals surface area contributed by atoms with Gasteiger partial charge in [0.05, 0.1) is 6.04 Å². The molecule has 26 heavy (non-hydrogen) atoms. The maximum absolute atomic E-state index is 12.7. The zero-order chi connectivity index (χ0) is 18.5. The van der Waals surface area contributed by atoms with Gasteiger partial charge in [-0.3, -0.25) is 9.59 Å². The number of aryl methyl sites for hydroxylation is 1. The SMILES string of the molecule is Cc1ccc(C2C(C(=O)NCCc3ccccc3)OCC(=O)N2C)cc1. The second-order valence-electron chi connectivity index (χ2n) is 6.62. The molecule has 2 aromatic rings. The summed E-state index contributed by atoms with van der Waals surface area (Å²) in [6, 6.07) is 17.4. The molecular formula is C21H24N2O3. The van der Waals surface area contributed by atoms with Crippen molar-refractivity contribution >= 4 is 11.8 Å². The predicted molar refractivity (Wildman–Crippen MR) is 99.6 cm³/mol. The zero-order valence-electron chi connectivity index (χ0n) is 15.1. The van der Waals surface area contributed by atoms with Gasteiger partial charge in [-0.15, -0.1) is 0 Å². The van der Waals surface area contributed by atoms with Crippen LogP contribution < -0.4 is 5.32 Å². The number of morpholine rings is 1. The molecule has 1 saturated heterocycles. The Morgan fingerprint density at radius 3 is 2.54 bits per heavy atom. The summed E-state index contributed by atoms with van der Waals surface area (Å²) in [4.78, 5) is 26.4. The van der Waals surface area contributed by atoms with Gasteiger partial charge in [-0.2, -0.15) is 0 Å². The fourth-order valence-electron chi connectivity index (χ4n) is 3.17. The minimum Gasteiger partial charge on any atom is -0.356 e. The van der Waals surface area contributed by atoms with Crippen LogP contribution >= 0.6 is 0 Å². The molecule has 0 saturated carbocycles. The van der Waals surface area contributed by atoms with Gasteiger partial charge in [0.2, 0.25) is 5.91 Å². The lowest BCUT2D eigenvalue weighted by Gasteiger charge is -2.38. The molecule has 0 spiro atoms. The van der Waals surface area contributed by atoms with Crippen LogP contribution in [0.5, 0.6) is 0 Å². The third kappa shape index (κ3) is 4.11. The number of nitrogens with zero attached hydrogens (tertiary/aromatic N) is 1. The monoisotopic (exact) mass is 352 g/mol. The van der Waals surface area contributed by atoms with Crippen LogP contribution in [0.3, 0.4) is 0 Å². The first-order valence-electron chi connectivity index (χ1n) is 8.82. The van der Waals surface area contributed by atoms with E-state index in [1.165, 1.54) is 5.56 Å². The number of nitrogens with one attached hydrogen (secondary N) is 1. The number of hydrogen-bond donors (Lipinski definition) is 1. The molecule has 1 heterocycles. The summed E-state index contributed by atoms with van der Waals surface area (Å²) >= 11 is 0. The molecule has 0 aliphatic carbocycles. The number of likely N-dealkylation sites (N-methyl/N-ethyl adjacent to an activating group) is 1. The Morgan fingerprint density at radius 1 is 1.15 bits per heavy atom. The summed E-state index contributed by atoms with van der Waals surface area (Å²) in [6.45, 7) is 2.46. The number of ether oxygens (including phenoxy) is 1. The van der Waals surface area contributed by atoms with Crippen LogP contribution in [0.25, 0.3) is 0 Å². The summed E-state index contributed by atoms with van der Waals surface area (Å²) in [6.07, 6.45) is 0.0414. The van der Waals surface area contributed by atoms with Crippen LogP contribution in [0.4, 0.5) is 0 Å². The molecule has 2 atom stereocenters. The molecule has 3 rings (SSSR count). The lowest BCUT2D eigenvalue weighted by Crippen LogP contribution is -2.53. The number of rotatable bonds is 5. The average Bonchev–Trinajstić information content (AvgIpc) is 2.65. The highest BCUT2D eigenvalue weighted by atomic mass is 16.5. The highest BCUT2D eigenvalue weighted by molar-refractivity contribution is 5.86. The summed E-state index contributed by atoms with van der Waals surface area (Å²) < 4.78 is 5.62. The van der Waals surface area contributed by atoms with E-state index in [4.69, 9.17) is 4.74 Å². The van der Waals surface area contributed by atoms with E-state index >= 15 is 0 Å². The van der Waals surface area contributed by atoms with Crippen LogP contribution in [0.1, 0.15) is 22.7 Å². The minimum absolute atomic E-state index is 0.0738. The van der Waals surface area contributed by atoms with Crippen LogP contribution in [0.15, 0.2) is 54.6 Å². The van der Waals surface area contributed by atoms with E-state index in [1.807, 2.05) is 61.5 Å². The van der Waals surface area contributed by atoms with Gasteiger partial charge in [-0.25, -0.2) is 0 Å². The van der Waals surface area contributed by atoms with Gasteiger partial charge in [0.1, 0.15) is 6.61 Å². The lowest BCUT2D eigenvalue weighted by atomic mass is 9.96. The van der Waals surface area contributed by atoms with Crippen LogP contribution in [-0.2, 0) is 20.7 Å². The van der Waals surface area contributed by atoms with Gasteiger partial charge < -0.3 is 15.0 Å². The van der Waals surface area contributed by atoms with Gasteiger partial charge >= 0.3 is 0 Å². The number of amides is 2. The van der Waals surface area contributed by atoms with Crippen molar-refractivity contribution in [2.45, 2.75) is 25.5 Å². The Bertz CT molecular complexity index is 759. The Labute approximate surface area is 154 Å². The molecule has 1 N–H and O–H groups in total. The molecule has 5 heteroatoms. The Morgan fingerprint density at radius 2 is 1.85 bits per heavy atom. The minimum atomic E-state index is -0.712. The maximum atomic E-state index is 12.7. The molecule has 2 amide bonds. The highest BCUT2D eigenvalue weighted by Gasteiger charge is 2.39. The van der Waals surface area contributed by atoms with E-state index in [9.17, 15) is 9.59 Å². The Balaban J connectivity index is 1.69. The molecule has 2 unspecified atom stereocenters. The van der Waals surface area contributed by atoms with Crippen molar-refractivity contribution in [3.63, 3.8) is 0 Å². The number of carbonyl (C=O) groups excluding carboxylic acids is 2. The quantitative estimate of drug-likeness (QED) is 0.898. The van der Waals surface area contributed by atoms with E-state index in [0.717, 1.165) is 17.5 Å². The fraction of sp³-hybridized carbons (Fsp3) is 0.333. The van der Waals surface area contributed by atoms with E-state index < -0.39 is 12.1 Å². The molecule has 0 bridgehead atoms. The standard InChI is InChI=1S/C21H24N2O3/c1-15-8-10-17(11-9-15)19-20(26-14-18(24)23(19)2)21(25)22-13-12-16-6-4-3-5-7-16/h3-11,19-20H,12-14H2,1-2H3,(H,22,25). The topological polar surface area (TPSA) is 58.6 Å². The van der Waals surface area contributed by atoms with Gasteiger partial charge in [-0.1, -0.05) is 60.2 Å². The van der Waals surface area contributed by atoms with Crippen molar-refractivity contribution in [3.05, 3.63) is 71.3 Å². The van der Waals surface area contributed by atoms with E-state index in [1.54, 1.807) is 11.9 Å². The maximum Gasteiger partial charge on any atom is 0.251 e. The first-order chi connectivity index (χ1) is 12.6. The smallest absolute Gasteiger partial charge is 0.251 e. The summed E-state index contributed by atoms with van der Waals surface area (Å²) in [5.41, 5.74) is 3.19. The van der Waals surface area contributed by atoms with Crippen molar-refractivity contribution in [1.82, 2.24) is 10.2 Å². The molecule has 2 aromatic carbocycles. The highest BCUT2D eigenvalue weighted by Crippen LogP contribution is 2.29. The zero-order valence-corrected chi connectivity index (χ0v) is 15.1. The van der Waals surface area contributed by atoms with Crippen molar-refractivity contribution in [1.29, 1.82) is 0 Å². The van der Waals surface area contributed by atoms with Crippen LogP contribution in [0.2, 0.25) is 0 Å². The fourth-order valence-corrected chi connectivity index (χ4v) is 3.17. The molecular weight excluding hydrogens is 328 g/mol. The van der Waals surface area contributed by atoms with Crippen molar-refractivity contribution in [2.24, 2.45) is 0 Å². The van der Waals surface area contributed by atoms with Crippen LogP contribution in [-0.4, -0.2) is 43.0 Å². The molecule has 1 aliphatic heterocycles. The van der Waals surface area contributed by atoms with Crippen LogP contribution in [0, 0.1) is 6.92 Å². The summed E-state index contributed by atoms with van der Waals surface area (Å²) in [5, 5.41) is 2.95. The molecule has 0 aromatic heterocycles. The second-order valence-corrected chi connectivity index (χ2v) is 6.62. The third-order valence-electron chi connectivity index (χ3n) is 4.72.